The summed E-state index contributed by atoms with van der Waals surface area (Å²) in [7, 11) is 0. The molecule has 0 saturated heterocycles. The molecule has 0 spiro atoms. The molecule has 0 unspecified atom stereocenters. The Morgan fingerprint density at radius 3 is 0.522 bits per heavy atom. The first-order chi connectivity index (χ1) is 9.38. The molecule has 6 nitrogen and oxygen atoms in total. The summed E-state index contributed by atoms with van der Waals surface area (Å²) in [5, 5.41) is 0. The standard InChI is InChI=1S/3C5H7O2.K.Pt/c3*1-4(6)3-5(2)7;;/h3*3H,1-2H3;;/q3*-1;+1;+2. The van der Waals surface area contributed by atoms with Crippen LogP contribution in [0.4, 0.5) is 0 Å². The fourth-order valence-electron chi connectivity index (χ4n) is 0.859. The summed E-state index contributed by atoms with van der Waals surface area (Å²) >= 11 is 0. The summed E-state index contributed by atoms with van der Waals surface area (Å²) in [4.78, 5) is 59.9. The first-order valence-corrected chi connectivity index (χ1v) is 5.96. The zero-order valence-corrected chi connectivity index (χ0v) is 19.9. The molecule has 0 fully saturated rings. The van der Waals surface area contributed by atoms with E-state index < -0.39 is 0 Å². The van der Waals surface area contributed by atoms with Crippen LogP contribution in [0.15, 0.2) is 0 Å². The van der Waals surface area contributed by atoms with Gasteiger partial charge in [0.1, 0.15) is 0 Å². The quantitative estimate of drug-likeness (QED) is 0.226. The molecule has 0 radical (unpaired) electrons. The topological polar surface area (TPSA) is 102 Å². The Bertz CT molecular complexity index is 320. The zero-order chi connectivity index (χ0) is 17.6. The van der Waals surface area contributed by atoms with Gasteiger partial charge in [0.15, 0.2) is 0 Å². The number of hydrogen-bond acceptors (Lipinski definition) is 6. The summed E-state index contributed by atoms with van der Waals surface area (Å²) in [5.74, 6) is -1.12. The fourth-order valence-corrected chi connectivity index (χ4v) is 0.859. The summed E-state index contributed by atoms with van der Waals surface area (Å²) in [6, 6.07) is 0. The summed E-state index contributed by atoms with van der Waals surface area (Å²) in [6.07, 6.45) is 3.17. The van der Waals surface area contributed by atoms with Gasteiger partial charge in [0, 0.05) is 34.7 Å². The fraction of sp³-hybridized carbons (Fsp3) is 0.400. The minimum absolute atomic E-state index is 0. The van der Waals surface area contributed by atoms with Gasteiger partial charge in [-0.2, -0.15) is 0 Å². The predicted molar refractivity (Wildman–Crippen MR) is 77.0 cm³/mol. The molecule has 128 valence electrons. The van der Waals surface area contributed by atoms with Crippen molar-refractivity contribution in [1.82, 2.24) is 0 Å². The first-order valence-electron chi connectivity index (χ1n) is 5.96. The van der Waals surface area contributed by atoms with Crippen molar-refractivity contribution in [3.8, 4) is 0 Å². The van der Waals surface area contributed by atoms with Crippen molar-refractivity contribution in [1.29, 1.82) is 0 Å². The molecule has 0 saturated carbocycles. The van der Waals surface area contributed by atoms with Crippen molar-refractivity contribution < 1.29 is 101 Å². The molecular formula is C15H21KO6Pt. The number of Topliss-reactive ketones (excluding diaryl/α,β-unsaturated/α-hetero) is 6. The van der Waals surface area contributed by atoms with Gasteiger partial charge in [-0.1, -0.05) is 0 Å². The molecule has 0 bridgehead atoms. The molecule has 0 rings (SSSR count). The largest absolute Gasteiger partial charge is 2.00 e. The van der Waals surface area contributed by atoms with Gasteiger partial charge in [-0.3, -0.25) is 19.3 Å². The number of rotatable bonds is 6. The van der Waals surface area contributed by atoms with Crippen LogP contribution in [0.25, 0.3) is 0 Å². The molecule has 0 aliphatic carbocycles. The summed E-state index contributed by atoms with van der Waals surface area (Å²) in [5.41, 5.74) is 0. The van der Waals surface area contributed by atoms with E-state index in [1.54, 1.807) is 0 Å². The average molecular weight is 532 g/mol. The predicted octanol–water partition coefficient (Wildman–Crippen LogP) is -1.89. The van der Waals surface area contributed by atoms with Crippen LogP contribution in [-0.4, -0.2) is 34.7 Å². The van der Waals surface area contributed by atoms with Gasteiger partial charge in [0.2, 0.25) is 0 Å². The number of ketones is 6. The molecule has 23 heavy (non-hydrogen) atoms. The van der Waals surface area contributed by atoms with E-state index in [9.17, 15) is 28.8 Å². The smallest absolute Gasteiger partial charge is 0.334 e. The summed E-state index contributed by atoms with van der Waals surface area (Å²) in [6.45, 7) is 8.09. The average Bonchev–Trinajstić information content (AvgIpc) is 2.10. The van der Waals surface area contributed by atoms with E-state index in [0.717, 1.165) is 19.3 Å². The van der Waals surface area contributed by atoms with Crippen LogP contribution < -0.4 is 51.4 Å². The molecule has 0 aromatic carbocycles. The van der Waals surface area contributed by atoms with Crippen LogP contribution in [0, 0.1) is 19.3 Å². The Hall–Kier alpha value is -0.0453. The van der Waals surface area contributed by atoms with Gasteiger partial charge < -0.3 is 28.8 Å². The van der Waals surface area contributed by atoms with Crippen molar-refractivity contribution >= 4 is 34.7 Å². The molecule has 0 aromatic rings. The van der Waals surface area contributed by atoms with Gasteiger partial charge in [-0.15, -0.1) is 0 Å². The van der Waals surface area contributed by atoms with E-state index in [-0.39, 0.29) is 107 Å². The Morgan fingerprint density at radius 2 is 0.522 bits per heavy atom. The summed E-state index contributed by atoms with van der Waals surface area (Å²) < 4.78 is 0. The second-order valence-electron chi connectivity index (χ2n) is 4.10. The second-order valence-corrected chi connectivity index (χ2v) is 4.10. The second kappa shape index (κ2) is 22.0. The van der Waals surface area contributed by atoms with Gasteiger partial charge in [-0.05, 0) is 41.5 Å². The van der Waals surface area contributed by atoms with Crippen LogP contribution >= 0.6 is 0 Å². The Kier molecular flexibility index (Phi) is 32.8. The molecule has 0 N–H and O–H groups in total. The van der Waals surface area contributed by atoms with Crippen molar-refractivity contribution in [3.63, 3.8) is 0 Å². The number of carbonyl (C=O) groups is 6. The third-order valence-corrected chi connectivity index (χ3v) is 1.22. The maximum Gasteiger partial charge on any atom is 2.00 e. The molecule has 0 aliphatic heterocycles. The number of carbonyl (C=O) groups excluding carboxylic acids is 6. The maximum absolute atomic E-state index is 9.98. The molecule has 0 amide bonds. The molecule has 0 aliphatic rings. The third-order valence-electron chi connectivity index (χ3n) is 1.22. The zero-order valence-electron chi connectivity index (χ0n) is 14.5. The van der Waals surface area contributed by atoms with E-state index in [1.807, 2.05) is 0 Å². The normalized spacial score (nSPS) is 7.04. The van der Waals surface area contributed by atoms with Crippen molar-refractivity contribution in [2.45, 2.75) is 41.5 Å². The van der Waals surface area contributed by atoms with E-state index in [4.69, 9.17) is 0 Å². The van der Waals surface area contributed by atoms with Gasteiger partial charge >= 0.3 is 72.4 Å². The molecule has 0 aromatic heterocycles. The van der Waals surface area contributed by atoms with E-state index in [1.165, 1.54) is 41.5 Å². The van der Waals surface area contributed by atoms with Gasteiger partial charge in [-0.25, -0.2) is 0 Å². The minimum Gasteiger partial charge on any atom is -0.334 e. The van der Waals surface area contributed by atoms with Crippen LogP contribution in [0.2, 0.25) is 0 Å². The van der Waals surface area contributed by atoms with Crippen molar-refractivity contribution in [3.05, 3.63) is 19.3 Å². The maximum atomic E-state index is 9.98. The molecule has 8 heteroatoms. The first kappa shape index (κ1) is 34.3. The van der Waals surface area contributed by atoms with Crippen LogP contribution in [0.5, 0.6) is 0 Å². The van der Waals surface area contributed by atoms with Gasteiger partial charge in [0.25, 0.3) is 0 Å². The van der Waals surface area contributed by atoms with E-state index in [2.05, 4.69) is 0 Å². The molecule has 0 atom stereocenters. The van der Waals surface area contributed by atoms with Crippen LogP contribution in [0.3, 0.4) is 0 Å². The van der Waals surface area contributed by atoms with Crippen LogP contribution in [0.1, 0.15) is 41.5 Å². The van der Waals surface area contributed by atoms with Crippen molar-refractivity contribution in [2.75, 3.05) is 0 Å². The molecule has 0 heterocycles. The third kappa shape index (κ3) is 61.2. The van der Waals surface area contributed by atoms with Crippen LogP contribution in [-0.2, 0) is 49.8 Å². The Morgan fingerprint density at radius 1 is 0.435 bits per heavy atom. The van der Waals surface area contributed by atoms with Crippen molar-refractivity contribution in [2.24, 2.45) is 0 Å². The van der Waals surface area contributed by atoms with E-state index >= 15 is 0 Å². The molecular weight excluding hydrogens is 510 g/mol. The Labute approximate surface area is 194 Å². The SMILES string of the molecule is CC(=O)[CH-]C(C)=O.CC(=O)[CH-]C(C)=O.CC(=O)[CH-]C(C)=O.[K+].[Pt+2]. The number of hydrogen-bond donors (Lipinski definition) is 0. The minimum atomic E-state index is -0.187. The Balaban J connectivity index is -0.0000000675. The monoisotopic (exact) mass is 531 g/mol. The van der Waals surface area contributed by atoms with E-state index in [0.29, 0.717) is 0 Å². The van der Waals surface area contributed by atoms with Gasteiger partial charge in [0.05, 0.1) is 0 Å².